The number of nitrogens with zero attached hydrogens (tertiary/aromatic N) is 2. The first-order valence-corrected chi connectivity index (χ1v) is 10.4. The number of carbonyl (C=O) groups excluding carboxylic acids is 2. The second kappa shape index (κ2) is 11.3. The van der Waals surface area contributed by atoms with Crippen LogP contribution < -0.4 is 4.74 Å². The monoisotopic (exact) mass is 410 g/mol. The van der Waals surface area contributed by atoms with Gasteiger partial charge in [0.05, 0.1) is 12.7 Å². The molecule has 0 spiro atoms. The molecule has 0 saturated heterocycles. The van der Waals surface area contributed by atoms with E-state index < -0.39 is 5.91 Å². The fraction of sp³-hybridized carbons (Fsp3) is 0.458. The van der Waals surface area contributed by atoms with Gasteiger partial charge in [0, 0.05) is 18.7 Å². The molecule has 0 aromatic heterocycles. The first-order chi connectivity index (χ1) is 14.4. The van der Waals surface area contributed by atoms with E-state index in [1.807, 2.05) is 44.2 Å². The highest BCUT2D eigenvalue weighted by atomic mass is 16.5. The maximum Gasteiger partial charge on any atom is 0.271 e. The van der Waals surface area contributed by atoms with E-state index in [1.54, 1.807) is 13.0 Å². The quantitative estimate of drug-likeness (QED) is 0.327. The molecule has 1 aliphatic rings. The summed E-state index contributed by atoms with van der Waals surface area (Å²) in [7, 11) is 0. The van der Waals surface area contributed by atoms with Crippen LogP contribution in [0.2, 0.25) is 0 Å². The van der Waals surface area contributed by atoms with Gasteiger partial charge in [-0.1, -0.05) is 25.5 Å². The first-order valence-electron chi connectivity index (χ1n) is 10.4. The van der Waals surface area contributed by atoms with Crippen molar-refractivity contribution in [3.05, 3.63) is 46.5 Å². The Morgan fingerprint density at radius 2 is 1.80 bits per heavy atom. The van der Waals surface area contributed by atoms with Crippen LogP contribution >= 0.6 is 0 Å². The van der Waals surface area contributed by atoms with Crippen molar-refractivity contribution in [1.29, 1.82) is 5.26 Å². The minimum atomic E-state index is -0.540. The summed E-state index contributed by atoms with van der Waals surface area (Å²) < 4.78 is 11.2. The topological polar surface area (TPSA) is 79.6 Å². The predicted molar refractivity (Wildman–Crippen MR) is 116 cm³/mol. The van der Waals surface area contributed by atoms with Gasteiger partial charge in [-0.2, -0.15) is 5.26 Å². The Morgan fingerprint density at radius 1 is 1.10 bits per heavy atom. The van der Waals surface area contributed by atoms with E-state index in [0.29, 0.717) is 30.8 Å². The van der Waals surface area contributed by atoms with Gasteiger partial charge < -0.3 is 9.47 Å². The van der Waals surface area contributed by atoms with Gasteiger partial charge in [-0.05, 0) is 63.0 Å². The van der Waals surface area contributed by atoms with Crippen LogP contribution in [-0.2, 0) is 14.3 Å². The molecule has 0 N–H and O–H groups in total. The van der Waals surface area contributed by atoms with Crippen molar-refractivity contribution in [1.82, 2.24) is 4.90 Å². The van der Waals surface area contributed by atoms with Crippen LogP contribution in [0.1, 0.15) is 52.5 Å². The van der Waals surface area contributed by atoms with Crippen LogP contribution in [0.15, 0.2) is 41.0 Å². The molecule has 1 heterocycles. The van der Waals surface area contributed by atoms with Gasteiger partial charge in [0.25, 0.3) is 11.8 Å². The molecule has 1 aromatic rings. The summed E-state index contributed by atoms with van der Waals surface area (Å²) in [6, 6.07) is 9.38. The second-order valence-electron chi connectivity index (χ2n) is 7.48. The largest absolute Gasteiger partial charge is 0.494 e. The van der Waals surface area contributed by atoms with Crippen LogP contribution in [0, 0.1) is 11.3 Å². The molecule has 0 unspecified atom stereocenters. The summed E-state index contributed by atoms with van der Waals surface area (Å²) in [5, 5.41) is 9.47. The van der Waals surface area contributed by atoms with Crippen molar-refractivity contribution in [2.45, 2.75) is 53.1 Å². The van der Waals surface area contributed by atoms with Crippen molar-refractivity contribution < 1.29 is 19.1 Å². The summed E-state index contributed by atoms with van der Waals surface area (Å²) >= 11 is 0. The Hall–Kier alpha value is -2.91. The zero-order valence-corrected chi connectivity index (χ0v) is 18.2. The van der Waals surface area contributed by atoms with Gasteiger partial charge in [0.15, 0.2) is 0 Å². The Labute approximate surface area is 178 Å². The summed E-state index contributed by atoms with van der Waals surface area (Å²) in [5.74, 6) is -0.154. The number of nitriles is 1. The molecule has 0 saturated carbocycles. The van der Waals surface area contributed by atoms with Gasteiger partial charge in [0.2, 0.25) is 0 Å². The van der Waals surface area contributed by atoms with Crippen LogP contribution in [-0.4, -0.2) is 42.6 Å². The minimum absolute atomic E-state index is 0.00477. The Kier molecular flexibility index (Phi) is 8.82. The molecule has 0 fully saturated rings. The number of amides is 2. The summed E-state index contributed by atoms with van der Waals surface area (Å²) in [5.41, 5.74) is 1.57. The van der Waals surface area contributed by atoms with Crippen molar-refractivity contribution in [3.8, 4) is 11.8 Å². The SMILES string of the molecule is CCCCOc1ccc(/C=C2/C(=O)N(CCCOC(C)C)C(=O)C(C#N)=C2C)cc1. The highest BCUT2D eigenvalue weighted by Gasteiger charge is 2.35. The standard InChI is InChI=1S/C24H30N2O4/c1-5-6-13-30-20-10-8-19(9-11-20)15-21-18(4)22(16-25)24(28)26(23(21)27)12-7-14-29-17(2)3/h8-11,15,17H,5-7,12-14H2,1-4H3/b21-15+. The molecule has 0 bridgehead atoms. The lowest BCUT2D eigenvalue weighted by atomic mass is 9.93. The van der Waals surface area contributed by atoms with Crippen LogP contribution in [0.5, 0.6) is 5.75 Å². The van der Waals surface area contributed by atoms with E-state index in [2.05, 4.69) is 6.92 Å². The van der Waals surface area contributed by atoms with E-state index in [9.17, 15) is 14.9 Å². The van der Waals surface area contributed by atoms with Gasteiger partial charge in [0.1, 0.15) is 17.4 Å². The van der Waals surface area contributed by atoms with Crippen molar-refractivity contribution in [3.63, 3.8) is 0 Å². The third-order valence-corrected chi connectivity index (χ3v) is 4.76. The molecular weight excluding hydrogens is 380 g/mol. The molecular formula is C24H30N2O4. The molecule has 0 atom stereocenters. The molecule has 2 amide bonds. The number of benzene rings is 1. The zero-order chi connectivity index (χ0) is 22.1. The van der Waals surface area contributed by atoms with Crippen molar-refractivity contribution in [2.24, 2.45) is 0 Å². The van der Waals surface area contributed by atoms with Crippen molar-refractivity contribution in [2.75, 3.05) is 19.8 Å². The molecule has 1 aromatic carbocycles. The average Bonchev–Trinajstić information content (AvgIpc) is 2.72. The van der Waals surface area contributed by atoms with Crippen LogP contribution in [0.25, 0.3) is 6.08 Å². The Morgan fingerprint density at radius 3 is 2.40 bits per heavy atom. The highest BCUT2D eigenvalue weighted by molar-refractivity contribution is 6.19. The predicted octanol–water partition coefficient (Wildman–Crippen LogP) is 4.27. The zero-order valence-electron chi connectivity index (χ0n) is 18.2. The number of hydrogen-bond donors (Lipinski definition) is 0. The highest BCUT2D eigenvalue weighted by Crippen LogP contribution is 2.27. The third-order valence-electron chi connectivity index (χ3n) is 4.76. The molecule has 2 rings (SSSR count). The van der Waals surface area contributed by atoms with Crippen molar-refractivity contribution >= 4 is 17.9 Å². The molecule has 6 heteroatoms. The molecule has 6 nitrogen and oxygen atoms in total. The molecule has 0 radical (unpaired) electrons. The Balaban J connectivity index is 2.22. The first kappa shape index (κ1) is 23.4. The van der Waals surface area contributed by atoms with E-state index in [-0.39, 0.29) is 24.1 Å². The maximum atomic E-state index is 13.0. The minimum Gasteiger partial charge on any atom is -0.494 e. The smallest absolute Gasteiger partial charge is 0.271 e. The lowest BCUT2D eigenvalue weighted by Crippen LogP contribution is -2.43. The number of carbonyl (C=O) groups is 2. The maximum absolute atomic E-state index is 13.0. The fourth-order valence-electron chi connectivity index (χ4n) is 3.04. The van der Waals surface area contributed by atoms with E-state index in [0.717, 1.165) is 29.1 Å². The Bertz CT molecular complexity index is 860. The lowest BCUT2D eigenvalue weighted by Gasteiger charge is -2.27. The molecule has 160 valence electrons. The average molecular weight is 411 g/mol. The number of rotatable bonds is 10. The van der Waals surface area contributed by atoms with Gasteiger partial charge >= 0.3 is 0 Å². The van der Waals surface area contributed by atoms with Gasteiger partial charge in [-0.3, -0.25) is 14.5 Å². The molecule has 1 aliphatic heterocycles. The number of hydrogen-bond acceptors (Lipinski definition) is 5. The second-order valence-corrected chi connectivity index (χ2v) is 7.48. The molecule has 0 aliphatic carbocycles. The number of ether oxygens (including phenoxy) is 2. The van der Waals surface area contributed by atoms with E-state index in [4.69, 9.17) is 9.47 Å². The lowest BCUT2D eigenvalue weighted by molar-refractivity contribution is -0.140. The normalized spacial score (nSPS) is 15.9. The molecule has 30 heavy (non-hydrogen) atoms. The number of imide groups is 1. The number of unbranched alkanes of at least 4 members (excludes halogenated alkanes) is 1. The fourth-order valence-corrected chi connectivity index (χ4v) is 3.04. The summed E-state index contributed by atoms with van der Waals surface area (Å²) in [4.78, 5) is 26.8. The summed E-state index contributed by atoms with van der Waals surface area (Å²) in [6.45, 7) is 8.93. The van der Waals surface area contributed by atoms with Crippen LogP contribution in [0.4, 0.5) is 0 Å². The van der Waals surface area contributed by atoms with Gasteiger partial charge in [-0.15, -0.1) is 0 Å². The third kappa shape index (κ3) is 6.04. The summed E-state index contributed by atoms with van der Waals surface area (Å²) in [6.07, 6.45) is 4.38. The van der Waals surface area contributed by atoms with Crippen LogP contribution in [0.3, 0.4) is 0 Å². The van der Waals surface area contributed by atoms with Gasteiger partial charge in [-0.25, -0.2) is 0 Å². The van der Waals surface area contributed by atoms with E-state index >= 15 is 0 Å². The van der Waals surface area contributed by atoms with E-state index in [1.165, 1.54) is 0 Å².